The third-order valence-corrected chi connectivity index (χ3v) is 4.35. The maximum Gasteiger partial charge on any atom is 0.243 e. The first kappa shape index (κ1) is 15.3. The van der Waals surface area contributed by atoms with Crippen molar-refractivity contribution >= 4 is 13.1 Å². The van der Waals surface area contributed by atoms with Crippen LogP contribution in [-0.4, -0.2) is 25.5 Å². The van der Waals surface area contributed by atoms with Crippen molar-refractivity contribution in [3.8, 4) is 11.8 Å². The number of hydrogen-bond acceptors (Lipinski definition) is 5. The quantitative estimate of drug-likeness (QED) is 0.508. The number of nitriles is 1. The highest BCUT2D eigenvalue weighted by Crippen LogP contribution is 2.53. The molecule has 1 aromatic rings. The standard InChI is InChI=1S/C13H16NO4P/c1-4-18-19(3,16)12(9-14)13(15)10-5-7-11(17-2)8-6-10/h5-8,15H,4H2,1-3H3. The lowest BCUT2D eigenvalue weighted by atomic mass is 10.2. The molecule has 0 spiro atoms. The summed E-state index contributed by atoms with van der Waals surface area (Å²) in [5.41, 5.74) is 0.388. The van der Waals surface area contributed by atoms with Gasteiger partial charge in [-0.15, -0.1) is 0 Å². The van der Waals surface area contributed by atoms with Crippen LogP contribution in [0.4, 0.5) is 0 Å². The van der Waals surface area contributed by atoms with Gasteiger partial charge in [0.2, 0.25) is 7.37 Å². The lowest BCUT2D eigenvalue weighted by Gasteiger charge is -2.13. The summed E-state index contributed by atoms with van der Waals surface area (Å²) in [6, 6.07) is 8.21. The molecule has 0 saturated heterocycles. The van der Waals surface area contributed by atoms with E-state index < -0.39 is 7.37 Å². The molecular weight excluding hydrogens is 265 g/mol. The van der Waals surface area contributed by atoms with E-state index in [1.165, 1.54) is 13.8 Å². The number of aliphatic hydroxyl groups is 1. The van der Waals surface area contributed by atoms with Crippen LogP contribution in [0.1, 0.15) is 12.5 Å². The van der Waals surface area contributed by atoms with E-state index in [9.17, 15) is 9.67 Å². The SMILES string of the molecule is CCOP(C)(=O)C(C#N)=C(O)c1ccc(OC)cc1. The first-order valence-corrected chi connectivity index (χ1v) is 7.73. The van der Waals surface area contributed by atoms with Crippen LogP contribution >= 0.6 is 7.37 Å². The van der Waals surface area contributed by atoms with E-state index in [-0.39, 0.29) is 17.7 Å². The van der Waals surface area contributed by atoms with Crippen LogP contribution in [-0.2, 0) is 9.09 Å². The Morgan fingerprint density at radius 3 is 2.42 bits per heavy atom. The average Bonchev–Trinajstić information content (AvgIpc) is 2.39. The minimum absolute atomic E-state index is 0.203. The van der Waals surface area contributed by atoms with E-state index in [2.05, 4.69) is 0 Å². The Kier molecular flexibility index (Phi) is 5.17. The Hall–Kier alpha value is -1.76. The summed E-state index contributed by atoms with van der Waals surface area (Å²) < 4.78 is 22.3. The highest BCUT2D eigenvalue weighted by atomic mass is 31.2. The maximum absolute atomic E-state index is 12.2. The van der Waals surface area contributed by atoms with Crippen molar-refractivity contribution in [2.24, 2.45) is 0 Å². The van der Waals surface area contributed by atoms with Crippen molar-refractivity contribution in [2.45, 2.75) is 6.92 Å². The minimum Gasteiger partial charge on any atom is -0.506 e. The topological polar surface area (TPSA) is 79.6 Å². The first-order valence-electron chi connectivity index (χ1n) is 5.66. The molecule has 1 aromatic carbocycles. The fraction of sp³-hybridized carbons (Fsp3) is 0.308. The van der Waals surface area contributed by atoms with Crippen LogP contribution in [0.5, 0.6) is 5.75 Å². The monoisotopic (exact) mass is 281 g/mol. The number of rotatable bonds is 5. The Morgan fingerprint density at radius 2 is 2.00 bits per heavy atom. The predicted molar refractivity (Wildman–Crippen MR) is 73.3 cm³/mol. The van der Waals surface area contributed by atoms with Crippen LogP contribution in [0, 0.1) is 11.3 Å². The van der Waals surface area contributed by atoms with Crippen molar-refractivity contribution < 1.29 is 18.9 Å². The third-order valence-electron chi connectivity index (χ3n) is 2.48. The molecule has 0 saturated carbocycles. The molecule has 1 atom stereocenters. The van der Waals surface area contributed by atoms with Crippen LogP contribution < -0.4 is 4.74 Å². The molecule has 0 aliphatic rings. The van der Waals surface area contributed by atoms with Crippen LogP contribution in [0.25, 0.3) is 5.76 Å². The van der Waals surface area contributed by atoms with E-state index in [0.717, 1.165) is 0 Å². The van der Waals surface area contributed by atoms with Gasteiger partial charge in [-0.1, -0.05) is 0 Å². The Bertz CT molecular complexity index is 557. The zero-order valence-electron chi connectivity index (χ0n) is 11.1. The molecule has 0 amide bonds. The maximum atomic E-state index is 12.2. The van der Waals surface area contributed by atoms with Gasteiger partial charge in [0.05, 0.1) is 13.7 Å². The molecule has 1 rings (SSSR count). The smallest absolute Gasteiger partial charge is 0.243 e. The number of ether oxygens (including phenoxy) is 1. The second kappa shape index (κ2) is 6.42. The van der Waals surface area contributed by atoms with Gasteiger partial charge in [-0.25, -0.2) is 0 Å². The molecule has 0 bridgehead atoms. The van der Waals surface area contributed by atoms with Gasteiger partial charge in [0, 0.05) is 12.2 Å². The molecular formula is C13H16NO4P. The Morgan fingerprint density at radius 1 is 1.42 bits per heavy atom. The van der Waals surface area contributed by atoms with E-state index >= 15 is 0 Å². The first-order chi connectivity index (χ1) is 8.96. The molecule has 1 unspecified atom stereocenters. The van der Waals surface area contributed by atoms with Gasteiger partial charge >= 0.3 is 0 Å². The van der Waals surface area contributed by atoms with Crippen molar-refractivity contribution in [1.29, 1.82) is 5.26 Å². The highest BCUT2D eigenvalue weighted by Gasteiger charge is 2.26. The molecule has 0 aliphatic heterocycles. The van der Waals surface area contributed by atoms with E-state index in [1.54, 1.807) is 37.3 Å². The lowest BCUT2D eigenvalue weighted by Crippen LogP contribution is -1.95. The van der Waals surface area contributed by atoms with Crippen LogP contribution in [0.2, 0.25) is 0 Å². The molecule has 0 heterocycles. The van der Waals surface area contributed by atoms with Gasteiger partial charge in [0.15, 0.2) is 5.31 Å². The lowest BCUT2D eigenvalue weighted by molar-refractivity contribution is 0.342. The largest absolute Gasteiger partial charge is 0.506 e. The van der Waals surface area contributed by atoms with Gasteiger partial charge in [0.25, 0.3) is 0 Å². The number of allylic oxidation sites excluding steroid dienone is 1. The number of aliphatic hydroxyl groups excluding tert-OH is 1. The molecule has 6 heteroatoms. The summed E-state index contributed by atoms with van der Waals surface area (Å²) in [6.07, 6.45) is 0. The molecule has 0 radical (unpaired) electrons. The van der Waals surface area contributed by atoms with E-state index in [0.29, 0.717) is 11.3 Å². The van der Waals surface area contributed by atoms with Crippen molar-refractivity contribution in [1.82, 2.24) is 0 Å². The summed E-state index contributed by atoms with van der Waals surface area (Å²) in [5.74, 6) is 0.295. The van der Waals surface area contributed by atoms with Gasteiger partial charge in [-0.05, 0) is 31.2 Å². The molecule has 0 aromatic heterocycles. The molecule has 19 heavy (non-hydrogen) atoms. The highest BCUT2D eigenvalue weighted by molar-refractivity contribution is 7.63. The average molecular weight is 281 g/mol. The summed E-state index contributed by atoms with van der Waals surface area (Å²) in [4.78, 5) is 0. The fourth-order valence-electron chi connectivity index (χ4n) is 1.53. The minimum atomic E-state index is -3.31. The Labute approximate surface area is 112 Å². The van der Waals surface area contributed by atoms with Gasteiger partial charge in [0.1, 0.15) is 17.6 Å². The third kappa shape index (κ3) is 3.60. The van der Waals surface area contributed by atoms with Crippen molar-refractivity contribution in [3.05, 3.63) is 35.1 Å². The molecule has 0 aliphatic carbocycles. The van der Waals surface area contributed by atoms with Crippen molar-refractivity contribution in [3.63, 3.8) is 0 Å². The number of benzene rings is 1. The van der Waals surface area contributed by atoms with E-state index in [1.807, 2.05) is 0 Å². The van der Waals surface area contributed by atoms with Gasteiger partial charge in [-0.3, -0.25) is 4.57 Å². The number of hydrogen-bond donors (Lipinski definition) is 1. The summed E-state index contributed by atoms with van der Waals surface area (Å²) >= 11 is 0. The number of methoxy groups -OCH3 is 1. The molecule has 0 fully saturated rings. The zero-order chi connectivity index (χ0) is 14.5. The predicted octanol–water partition coefficient (Wildman–Crippen LogP) is 3.39. The summed E-state index contributed by atoms with van der Waals surface area (Å²) in [6.45, 7) is 3.19. The number of nitrogens with zero attached hydrogens (tertiary/aromatic N) is 1. The molecule has 1 N–H and O–H groups in total. The Balaban J connectivity index is 3.24. The normalized spacial score (nSPS) is 15.1. The molecule has 5 nitrogen and oxygen atoms in total. The second-order valence-electron chi connectivity index (χ2n) is 3.80. The summed E-state index contributed by atoms with van der Waals surface area (Å²) in [5, 5.41) is 18.9. The van der Waals surface area contributed by atoms with Gasteiger partial charge in [-0.2, -0.15) is 5.26 Å². The van der Waals surface area contributed by atoms with Crippen molar-refractivity contribution in [2.75, 3.05) is 20.4 Å². The van der Waals surface area contributed by atoms with Crippen LogP contribution in [0.15, 0.2) is 29.6 Å². The van der Waals surface area contributed by atoms with E-state index in [4.69, 9.17) is 14.5 Å². The fourth-order valence-corrected chi connectivity index (χ4v) is 2.85. The second-order valence-corrected chi connectivity index (χ2v) is 6.20. The molecule has 102 valence electrons. The van der Waals surface area contributed by atoms with Gasteiger partial charge < -0.3 is 14.4 Å². The zero-order valence-corrected chi connectivity index (χ0v) is 12.0. The van der Waals surface area contributed by atoms with Crippen LogP contribution in [0.3, 0.4) is 0 Å². The summed E-state index contributed by atoms with van der Waals surface area (Å²) in [7, 11) is -1.78.